The van der Waals surface area contributed by atoms with E-state index in [2.05, 4.69) is 37.8 Å². The zero-order chi connectivity index (χ0) is 26.8. The van der Waals surface area contributed by atoms with Gasteiger partial charge in [0.15, 0.2) is 0 Å². The molecule has 3 rings (SSSR count). The molecule has 2 aliphatic rings. The highest BCUT2D eigenvalue weighted by Crippen LogP contribution is 2.34. The predicted octanol–water partition coefficient (Wildman–Crippen LogP) is 9.87. The van der Waals surface area contributed by atoms with Crippen LogP contribution in [0.25, 0.3) is 0 Å². The van der Waals surface area contributed by atoms with E-state index in [0.717, 1.165) is 38.2 Å². The lowest BCUT2D eigenvalue weighted by atomic mass is 9.82. The molecule has 0 aliphatic heterocycles. The number of esters is 1. The monoisotopic (exact) mass is 524 g/mol. The second-order valence-corrected chi connectivity index (χ2v) is 12.1. The summed E-state index contributed by atoms with van der Waals surface area (Å²) in [5.74, 6) is 1.50. The number of rotatable bonds is 18. The lowest BCUT2D eigenvalue weighted by Gasteiger charge is -2.28. The van der Waals surface area contributed by atoms with Crippen LogP contribution in [0.15, 0.2) is 36.9 Å². The standard InChI is InChI=1S/C35H56O3/c1-3-5-12-28-37-33-24-18-30(19-25-33)14-11-9-7-8-10-13-29-16-20-31(21-17-29)32-22-26-34(27-23-32)38-35(36)15-6-4-2/h4,16-17,20-21,30,32-34H,2-3,5-15,18-19,22-28H2,1H3. The Balaban J connectivity index is 1.18. The van der Waals surface area contributed by atoms with Gasteiger partial charge in [-0.15, -0.1) is 6.58 Å². The van der Waals surface area contributed by atoms with Gasteiger partial charge in [-0.25, -0.2) is 0 Å². The molecule has 2 saturated carbocycles. The minimum atomic E-state index is -0.0704. The minimum absolute atomic E-state index is 0.0704. The third-order valence-electron chi connectivity index (χ3n) is 8.95. The van der Waals surface area contributed by atoms with E-state index in [9.17, 15) is 4.79 Å². The highest BCUT2D eigenvalue weighted by atomic mass is 16.5. The van der Waals surface area contributed by atoms with Crippen LogP contribution in [0, 0.1) is 5.92 Å². The van der Waals surface area contributed by atoms with Gasteiger partial charge in [0, 0.05) is 13.0 Å². The first kappa shape index (κ1) is 30.9. The van der Waals surface area contributed by atoms with Crippen molar-refractivity contribution in [3.8, 4) is 0 Å². The van der Waals surface area contributed by atoms with E-state index in [1.807, 2.05) is 0 Å². The Bertz CT molecular complexity index is 754. The van der Waals surface area contributed by atoms with Crippen LogP contribution >= 0.6 is 0 Å². The first-order valence-corrected chi connectivity index (χ1v) is 16.2. The Morgan fingerprint density at radius 3 is 2.24 bits per heavy atom. The van der Waals surface area contributed by atoms with Gasteiger partial charge in [0.1, 0.15) is 6.10 Å². The van der Waals surface area contributed by atoms with Crippen molar-refractivity contribution in [2.45, 2.75) is 153 Å². The minimum Gasteiger partial charge on any atom is -0.462 e. The summed E-state index contributed by atoms with van der Waals surface area (Å²) in [6.45, 7) is 6.91. The molecule has 3 heteroatoms. The van der Waals surface area contributed by atoms with Gasteiger partial charge in [0.25, 0.3) is 0 Å². The predicted molar refractivity (Wildman–Crippen MR) is 160 cm³/mol. The summed E-state index contributed by atoms with van der Waals surface area (Å²) < 4.78 is 11.7. The topological polar surface area (TPSA) is 35.5 Å². The van der Waals surface area contributed by atoms with Crippen molar-refractivity contribution in [1.29, 1.82) is 0 Å². The van der Waals surface area contributed by atoms with Crippen LogP contribution in [-0.4, -0.2) is 24.8 Å². The molecule has 0 heterocycles. The Morgan fingerprint density at radius 1 is 0.842 bits per heavy atom. The van der Waals surface area contributed by atoms with Crippen LogP contribution in [0.2, 0.25) is 0 Å². The van der Waals surface area contributed by atoms with Crippen molar-refractivity contribution in [3.05, 3.63) is 48.0 Å². The molecule has 0 radical (unpaired) electrons. The van der Waals surface area contributed by atoms with E-state index in [1.54, 1.807) is 6.08 Å². The van der Waals surface area contributed by atoms with Gasteiger partial charge < -0.3 is 9.47 Å². The molecule has 214 valence electrons. The maximum absolute atomic E-state index is 11.9. The van der Waals surface area contributed by atoms with Crippen LogP contribution in [0.5, 0.6) is 0 Å². The SMILES string of the molecule is C=CCCC(=O)OC1CCC(c2ccc(CCCCCCCC3CCC(OCCCCC)CC3)cc2)CC1. The molecule has 3 nitrogen and oxygen atoms in total. The second kappa shape index (κ2) is 18.6. The summed E-state index contributed by atoms with van der Waals surface area (Å²) >= 11 is 0. The molecule has 0 aromatic heterocycles. The molecule has 2 fully saturated rings. The van der Waals surface area contributed by atoms with Crippen LogP contribution < -0.4 is 0 Å². The number of benzene rings is 1. The zero-order valence-corrected chi connectivity index (χ0v) is 24.5. The Morgan fingerprint density at radius 2 is 1.53 bits per heavy atom. The van der Waals surface area contributed by atoms with Gasteiger partial charge in [0.05, 0.1) is 6.10 Å². The average molecular weight is 525 g/mol. The molecule has 2 aliphatic carbocycles. The molecule has 0 bridgehead atoms. The van der Waals surface area contributed by atoms with Crippen molar-refractivity contribution in [2.75, 3.05) is 6.61 Å². The van der Waals surface area contributed by atoms with Gasteiger partial charge in [-0.1, -0.05) is 82.2 Å². The number of hydrogen-bond donors (Lipinski definition) is 0. The maximum Gasteiger partial charge on any atom is 0.306 e. The number of unbranched alkanes of at least 4 members (excludes halogenated alkanes) is 6. The molecular weight excluding hydrogens is 468 g/mol. The number of hydrogen-bond acceptors (Lipinski definition) is 3. The first-order chi connectivity index (χ1) is 18.7. The van der Waals surface area contributed by atoms with Crippen molar-refractivity contribution >= 4 is 5.97 Å². The number of aryl methyl sites for hydroxylation is 1. The molecular formula is C35H56O3. The fourth-order valence-corrected chi connectivity index (χ4v) is 6.42. The van der Waals surface area contributed by atoms with Crippen LogP contribution in [0.4, 0.5) is 0 Å². The Hall–Kier alpha value is -1.61. The van der Waals surface area contributed by atoms with Gasteiger partial charge >= 0.3 is 5.97 Å². The number of allylic oxidation sites excluding steroid dienone is 1. The third kappa shape index (κ3) is 12.1. The lowest BCUT2D eigenvalue weighted by Crippen LogP contribution is -2.23. The summed E-state index contributed by atoms with van der Waals surface area (Å²) in [6.07, 6.45) is 26.5. The first-order valence-electron chi connectivity index (χ1n) is 16.2. The number of carbonyl (C=O) groups is 1. The van der Waals surface area contributed by atoms with Crippen molar-refractivity contribution < 1.29 is 14.3 Å². The van der Waals surface area contributed by atoms with Gasteiger partial charge in [-0.2, -0.15) is 0 Å². The number of carbonyl (C=O) groups excluding carboxylic acids is 1. The van der Waals surface area contributed by atoms with Crippen LogP contribution in [-0.2, 0) is 20.7 Å². The van der Waals surface area contributed by atoms with Crippen LogP contribution in [0.3, 0.4) is 0 Å². The number of ether oxygens (including phenoxy) is 2. The van der Waals surface area contributed by atoms with Crippen LogP contribution in [0.1, 0.15) is 146 Å². The molecule has 1 aromatic rings. The zero-order valence-electron chi connectivity index (χ0n) is 24.5. The third-order valence-corrected chi connectivity index (χ3v) is 8.95. The Kier molecular flexibility index (Phi) is 15.2. The molecule has 0 amide bonds. The molecule has 0 unspecified atom stereocenters. The van der Waals surface area contributed by atoms with E-state index in [-0.39, 0.29) is 12.1 Å². The average Bonchev–Trinajstić information content (AvgIpc) is 2.95. The second-order valence-electron chi connectivity index (χ2n) is 12.1. The van der Waals surface area contributed by atoms with E-state index in [4.69, 9.17) is 9.47 Å². The molecule has 0 spiro atoms. The van der Waals surface area contributed by atoms with Crippen molar-refractivity contribution in [1.82, 2.24) is 0 Å². The summed E-state index contributed by atoms with van der Waals surface area (Å²) in [5, 5.41) is 0. The van der Waals surface area contributed by atoms with E-state index in [0.29, 0.717) is 24.9 Å². The molecule has 38 heavy (non-hydrogen) atoms. The smallest absolute Gasteiger partial charge is 0.306 e. The highest BCUT2D eigenvalue weighted by molar-refractivity contribution is 5.69. The quantitative estimate of drug-likeness (QED) is 0.109. The Labute approximate surface area is 234 Å². The largest absolute Gasteiger partial charge is 0.462 e. The van der Waals surface area contributed by atoms with Gasteiger partial charge in [0.2, 0.25) is 0 Å². The van der Waals surface area contributed by atoms with Crippen molar-refractivity contribution in [3.63, 3.8) is 0 Å². The lowest BCUT2D eigenvalue weighted by molar-refractivity contribution is -0.150. The van der Waals surface area contributed by atoms with E-state index in [1.165, 1.54) is 101 Å². The molecule has 0 N–H and O–H groups in total. The molecule has 0 saturated heterocycles. The maximum atomic E-state index is 11.9. The summed E-state index contributed by atoms with van der Waals surface area (Å²) in [5.41, 5.74) is 2.94. The fourth-order valence-electron chi connectivity index (χ4n) is 6.42. The summed E-state index contributed by atoms with van der Waals surface area (Å²) in [4.78, 5) is 11.9. The fraction of sp³-hybridized carbons (Fsp3) is 0.743. The van der Waals surface area contributed by atoms with E-state index >= 15 is 0 Å². The van der Waals surface area contributed by atoms with Gasteiger partial charge in [-0.05, 0) is 100 Å². The van der Waals surface area contributed by atoms with E-state index < -0.39 is 0 Å². The normalized spacial score (nSPS) is 23.7. The summed E-state index contributed by atoms with van der Waals surface area (Å²) in [6, 6.07) is 9.39. The molecule has 1 aromatic carbocycles. The van der Waals surface area contributed by atoms with Gasteiger partial charge in [-0.3, -0.25) is 4.79 Å². The summed E-state index contributed by atoms with van der Waals surface area (Å²) in [7, 11) is 0. The highest BCUT2D eigenvalue weighted by Gasteiger charge is 2.25. The molecule has 0 atom stereocenters. The van der Waals surface area contributed by atoms with Crippen molar-refractivity contribution in [2.24, 2.45) is 5.92 Å².